The van der Waals surface area contributed by atoms with Crippen LogP contribution in [0.2, 0.25) is 5.02 Å². The van der Waals surface area contributed by atoms with E-state index in [1.165, 1.54) is 30.7 Å². The van der Waals surface area contributed by atoms with Gasteiger partial charge in [-0.15, -0.1) is 0 Å². The van der Waals surface area contributed by atoms with Gasteiger partial charge in [-0.1, -0.05) is 11.6 Å². The summed E-state index contributed by atoms with van der Waals surface area (Å²) in [6.45, 7) is 3.30. The molecule has 0 radical (unpaired) electrons. The van der Waals surface area contributed by atoms with Crippen molar-refractivity contribution in [3.05, 3.63) is 82.3 Å². The average Bonchev–Trinajstić information content (AvgIpc) is 2.86. The number of morpholine rings is 1. The topological polar surface area (TPSA) is 71.4 Å². The summed E-state index contributed by atoms with van der Waals surface area (Å²) >= 11 is 6.26. The van der Waals surface area contributed by atoms with Crippen molar-refractivity contribution in [3.8, 4) is 11.1 Å². The molecule has 2 aromatic heterocycles. The Labute approximate surface area is 204 Å². The quantitative estimate of drug-likeness (QED) is 0.426. The van der Waals surface area contributed by atoms with Crippen molar-refractivity contribution >= 4 is 28.2 Å². The van der Waals surface area contributed by atoms with E-state index in [1.54, 1.807) is 11.8 Å². The minimum absolute atomic E-state index is 0.0385. The highest BCUT2D eigenvalue weighted by molar-refractivity contribution is 6.31. The maximum Gasteiger partial charge on any atom is 0.172 e. The third-order valence-corrected chi connectivity index (χ3v) is 6.41. The van der Waals surface area contributed by atoms with Crippen LogP contribution in [0.15, 0.2) is 42.9 Å². The zero-order valence-corrected chi connectivity index (χ0v) is 19.4. The normalized spacial score (nSPS) is 15.0. The molecule has 5 rings (SSSR count). The SMILES string of the molecule is Cc1nccnc1[C@@H](O)c1cc(-c2ccnc3c(F)c(N4CCOCC4)cc(F)c23)c(F)cc1Cl. The van der Waals surface area contributed by atoms with Gasteiger partial charge < -0.3 is 14.7 Å². The molecule has 10 heteroatoms. The minimum Gasteiger partial charge on any atom is -0.382 e. The number of hydrogen-bond acceptors (Lipinski definition) is 6. The molecule has 1 fully saturated rings. The van der Waals surface area contributed by atoms with E-state index >= 15 is 13.2 Å². The van der Waals surface area contributed by atoms with Gasteiger partial charge in [-0.25, -0.2) is 13.2 Å². The number of fused-ring (bicyclic) bond motifs is 1. The van der Waals surface area contributed by atoms with E-state index in [2.05, 4.69) is 15.0 Å². The highest BCUT2D eigenvalue weighted by atomic mass is 35.5. The molecule has 0 bridgehead atoms. The Balaban J connectivity index is 1.67. The zero-order valence-electron chi connectivity index (χ0n) is 18.6. The van der Waals surface area contributed by atoms with Crippen molar-refractivity contribution in [2.75, 3.05) is 31.2 Å². The summed E-state index contributed by atoms with van der Waals surface area (Å²) in [5.41, 5.74) is 0.758. The Morgan fingerprint density at radius 2 is 1.71 bits per heavy atom. The number of aliphatic hydroxyl groups excluding tert-OH is 1. The van der Waals surface area contributed by atoms with Crippen LogP contribution in [0, 0.1) is 24.4 Å². The van der Waals surface area contributed by atoms with Crippen molar-refractivity contribution < 1.29 is 23.0 Å². The van der Waals surface area contributed by atoms with Gasteiger partial charge >= 0.3 is 0 Å². The van der Waals surface area contributed by atoms with Gasteiger partial charge in [-0.05, 0) is 30.7 Å². The highest BCUT2D eigenvalue weighted by Crippen LogP contribution is 2.39. The Morgan fingerprint density at radius 1 is 0.971 bits per heavy atom. The Morgan fingerprint density at radius 3 is 2.46 bits per heavy atom. The zero-order chi connectivity index (χ0) is 24.7. The van der Waals surface area contributed by atoms with Gasteiger partial charge in [0, 0.05) is 59.3 Å². The highest BCUT2D eigenvalue weighted by Gasteiger charge is 2.25. The molecule has 0 spiro atoms. The predicted octanol–water partition coefficient (Wildman–Crippen LogP) is 4.99. The first kappa shape index (κ1) is 23.5. The number of ether oxygens (including phenoxy) is 1. The Bertz CT molecular complexity index is 1430. The smallest absolute Gasteiger partial charge is 0.172 e. The van der Waals surface area contributed by atoms with Crippen molar-refractivity contribution in [2.45, 2.75) is 13.0 Å². The van der Waals surface area contributed by atoms with Crippen molar-refractivity contribution in [1.82, 2.24) is 15.0 Å². The standard InChI is InChI=1S/C25H20ClF3N4O2/c1-13-23(32-5-4-30-13)25(34)16-10-15(18(27)11-17(16)26)14-2-3-31-24-21(14)19(28)12-20(22(24)29)33-6-8-35-9-7-33/h2-5,10-12,25,34H,6-9H2,1H3/t25-/m0/s1. The average molecular weight is 501 g/mol. The van der Waals surface area contributed by atoms with Crippen LogP contribution in [0.4, 0.5) is 18.9 Å². The second-order valence-electron chi connectivity index (χ2n) is 8.16. The molecule has 4 aromatic rings. The van der Waals surface area contributed by atoms with E-state index in [0.29, 0.717) is 32.0 Å². The van der Waals surface area contributed by atoms with Gasteiger partial charge in [-0.3, -0.25) is 15.0 Å². The molecule has 6 nitrogen and oxygen atoms in total. The number of benzene rings is 2. The van der Waals surface area contributed by atoms with Gasteiger partial charge in [0.25, 0.3) is 0 Å². The van der Waals surface area contributed by atoms with Crippen LogP contribution in [0.25, 0.3) is 22.0 Å². The summed E-state index contributed by atoms with van der Waals surface area (Å²) in [5.74, 6) is -2.20. The van der Waals surface area contributed by atoms with Crippen LogP contribution in [0.3, 0.4) is 0 Å². The van der Waals surface area contributed by atoms with Crippen LogP contribution >= 0.6 is 11.6 Å². The lowest BCUT2D eigenvalue weighted by atomic mass is 9.95. The Hall–Kier alpha value is -3.27. The lowest BCUT2D eigenvalue weighted by Gasteiger charge is -2.29. The monoisotopic (exact) mass is 500 g/mol. The molecule has 0 aliphatic carbocycles. The van der Waals surface area contributed by atoms with Crippen molar-refractivity contribution in [3.63, 3.8) is 0 Å². The number of aromatic nitrogens is 3. The number of aryl methyl sites for hydroxylation is 1. The van der Waals surface area contributed by atoms with E-state index in [0.717, 1.165) is 12.1 Å². The first-order chi connectivity index (χ1) is 16.9. The molecular formula is C25H20ClF3N4O2. The van der Waals surface area contributed by atoms with E-state index in [9.17, 15) is 5.11 Å². The molecule has 0 unspecified atom stereocenters. The summed E-state index contributed by atoms with van der Waals surface area (Å²) in [4.78, 5) is 14.0. The van der Waals surface area contributed by atoms with Crippen LogP contribution in [0.5, 0.6) is 0 Å². The fraction of sp³-hybridized carbons (Fsp3) is 0.240. The lowest BCUT2D eigenvalue weighted by Crippen LogP contribution is -2.36. The molecular weight excluding hydrogens is 481 g/mol. The summed E-state index contributed by atoms with van der Waals surface area (Å²) < 4.78 is 51.4. The van der Waals surface area contributed by atoms with E-state index in [-0.39, 0.29) is 44.0 Å². The number of rotatable bonds is 4. The maximum atomic E-state index is 15.5. The molecule has 3 heterocycles. The number of aliphatic hydroxyl groups is 1. The molecule has 1 N–H and O–H groups in total. The number of nitrogens with zero attached hydrogens (tertiary/aromatic N) is 4. The van der Waals surface area contributed by atoms with Crippen molar-refractivity contribution in [1.29, 1.82) is 0 Å². The van der Waals surface area contributed by atoms with Gasteiger partial charge in [0.1, 0.15) is 23.3 Å². The third kappa shape index (κ3) is 4.20. The molecule has 1 atom stereocenters. The summed E-state index contributed by atoms with van der Waals surface area (Å²) in [6.07, 6.45) is 2.89. The van der Waals surface area contributed by atoms with Gasteiger partial charge in [0.15, 0.2) is 5.82 Å². The largest absolute Gasteiger partial charge is 0.382 e. The summed E-state index contributed by atoms with van der Waals surface area (Å²) in [6, 6.07) is 4.85. The molecule has 1 saturated heterocycles. The maximum absolute atomic E-state index is 15.5. The van der Waals surface area contributed by atoms with Gasteiger partial charge in [0.2, 0.25) is 0 Å². The molecule has 180 valence electrons. The Kier molecular flexibility index (Phi) is 6.31. The molecule has 1 aliphatic rings. The van der Waals surface area contributed by atoms with Gasteiger partial charge in [-0.2, -0.15) is 0 Å². The third-order valence-electron chi connectivity index (χ3n) is 6.09. The van der Waals surface area contributed by atoms with Crippen LogP contribution in [-0.2, 0) is 4.74 Å². The number of halogens is 4. The van der Waals surface area contributed by atoms with Crippen LogP contribution < -0.4 is 4.90 Å². The first-order valence-electron chi connectivity index (χ1n) is 10.9. The lowest BCUT2D eigenvalue weighted by molar-refractivity contribution is 0.122. The second kappa shape index (κ2) is 9.41. The summed E-state index contributed by atoms with van der Waals surface area (Å²) in [5, 5.41) is 10.7. The van der Waals surface area contributed by atoms with Crippen LogP contribution in [0.1, 0.15) is 23.1 Å². The van der Waals surface area contributed by atoms with E-state index < -0.39 is 23.6 Å². The molecule has 0 saturated carbocycles. The second-order valence-corrected chi connectivity index (χ2v) is 8.56. The van der Waals surface area contributed by atoms with E-state index in [4.69, 9.17) is 16.3 Å². The number of hydrogen-bond donors (Lipinski definition) is 1. The molecule has 0 amide bonds. The number of pyridine rings is 1. The van der Waals surface area contributed by atoms with Gasteiger partial charge in [0.05, 0.1) is 30.3 Å². The predicted molar refractivity (Wildman–Crippen MR) is 126 cm³/mol. The minimum atomic E-state index is -1.31. The number of anilines is 1. The van der Waals surface area contributed by atoms with E-state index in [1.807, 2.05) is 0 Å². The van der Waals surface area contributed by atoms with Crippen LogP contribution in [-0.4, -0.2) is 46.4 Å². The molecule has 2 aromatic carbocycles. The first-order valence-corrected chi connectivity index (χ1v) is 11.3. The molecule has 1 aliphatic heterocycles. The fourth-order valence-corrected chi connectivity index (χ4v) is 4.58. The fourth-order valence-electron chi connectivity index (χ4n) is 4.32. The molecule has 35 heavy (non-hydrogen) atoms. The summed E-state index contributed by atoms with van der Waals surface area (Å²) in [7, 11) is 0. The van der Waals surface area contributed by atoms with Crippen molar-refractivity contribution in [2.24, 2.45) is 0 Å².